The lowest BCUT2D eigenvalue weighted by molar-refractivity contribution is 0.0507. The molecule has 9 heteroatoms. The maximum Gasteiger partial charge on any atom is 0.408 e. The second kappa shape index (κ2) is 10.1. The number of anilines is 1. The fraction of sp³-hybridized carbons (Fsp3) is 0.417. The molecule has 0 bridgehead atoms. The summed E-state index contributed by atoms with van der Waals surface area (Å²) in [6.07, 6.45) is 0.769. The quantitative estimate of drug-likeness (QED) is 0.534. The van der Waals surface area contributed by atoms with Crippen LogP contribution in [0.4, 0.5) is 23.8 Å². The van der Waals surface area contributed by atoms with Crippen molar-refractivity contribution in [2.45, 2.75) is 64.5 Å². The molecule has 0 spiro atoms. The summed E-state index contributed by atoms with van der Waals surface area (Å²) in [5.74, 6) is -0.173. The Morgan fingerprint density at radius 2 is 2.00 bits per heavy atom. The standard InChI is InChI=1S/C24H29F3N4O2/c1-24(2,3)33-23(32)31-19-6-4-5-18(21(19)28)30-20-12-14(7-8-29-20)9-15-10-16(22(26)27)13-17(25)11-15/h7-8,10-13,19,22H,4-6,9,28H2,1-3H3,(H,29,30)(H,31,32). The number of nitrogens with two attached hydrogens (primary N) is 1. The predicted molar refractivity (Wildman–Crippen MR) is 120 cm³/mol. The van der Waals surface area contributed by atoms with Gasteiger partial charge in [-0.25, -0.2) is 22.9 Å². The highest BCUT2D eigenvalue weighted by Crippen LogP contribution is 2.26. The molecule has 6 nitrogen and oxygen atoms in total. The van der Waals surface area contributed by atoms with Crippen LogP contribution in [-0.4, -0.2) is 22.7 Å². The van der Waals surface area contributed by atoms with Crippen molar-refractivity contribution in [2.24, 2.45) is 5.73 Å². The van der Waals surface area contributed by atoms with Gasteiger partial charge in [-0.05, 0) is 87.9 Å². The van der Waals surface area contributed by atoms with Crippen LogP contribution < -0.4 is 16.4 Å². The van der Waals surface area contributed by atoms with Gasteiger partial charge in [-0.15, -0.1) is 0 Å². The number of nitrogens with zero attached hydrogens (tertiary/aromatic N) is 1. The summed E-state index contributed by atoms with van der Waals surface area (Å²) in [5.41, 5.74) is 7.83. The van der Waals surface area contributed by atoms with Gasteiger partial charge in [-0.1, -0.05) is 0 Å². The molecule has 1 aromatic heterocycles. The average Bonchev–Trinajstić information content (AvgIpc) is 2.69. The van der Waals surface area contributed by atoms with Gasteiger partial charge in [-0.3, -0.25) is 0 Å². The van der Waals surface area contributed by atoms with E-state index in [4.69, 9.17) is 10.5 Å². The minimum absolute atomic E-state index is 0.270. The van der Waals surface area contributed by atoms with E-state index < -0.39 is 23.9 Å². The Morgan fingerprint density at radius 1 is 1.24 bits per heavy atom. The monoisotopic (exact) mass is 462 g/mol. The van der Waals surface area contributed by atoms with Crippen molar-refractivity contribution >= 4 is 11.9 Å². The molecule has 0 aliphatic heterocycles. The first-order valence-electron chi connectivity index (χ1n) is 10.8. The smallest absolute Gasteiger partial charge is 0.408 e. The molecule has 4 N–H and O–H groups in total. The van der Waals surface area contributed by atoms with Crippen LogP contribution in [0, 0.1) is 5.82 Å². The van der Waals surface area contributed by atoms with Gasteiger partial charge in [0.25, 0.3) is 6.43 Å². The fourth-order valence-electron chi connectivity index (χ4n) is 3.67. The molecule has 0 radical (unpaired) electrons. The van der Waals surface area contributed by atoms with Crippen LogP contribution in [0.15, 0.2) is 47.9 Å². The maximum absolute atomic E-state index is 13.7. The SMILES string of the molecule is CC(C)(C)OC(=O)NC1CCCC(Nc2cc(Cc3cc(F)cc(C(F)F)c3)ccn2)=C1N. The van der Waals surface area contributed by atoms with E-state index in [1.807, 2.05) is 0 Å². The van der Waals surface area contributed by atoms with E-state index >= 15 is 0 Å². The van der Waals surface area contributed by atoms with Crippen LogP contribution in [0.25, 0.3) is 0 Å². The number of allylic oxidation sites excluding steroid dienone is 1. The number of ether oxygens (including phenoxy) is 1. The molecule has 1 heterocycles. The largest absolute Gasteiger partial charge is 0.444 e. The molecule has 0 saturated heterocycles. The van der Waals surface area contributed by atoms with E-state index in [9.17, 15) is 18.0 Å². The molecule has 1 aliphatic carbocycles. The number of rotatable bonds is 6. The first-order valence-corrected chi connectivity index (χ1v) is 10.8. The predicted octanol–water partition coefficient (Wildman–Crippen LogP) is 5.41. The molecular weight excluding hydrogens is 433 g/mol. The zero-order chi connectivity index (χ0) is 24.2. The van der Waals surface area contributed by atoms with E-state index in [1.165, 1.54) is 12.1 Å². The van der Waals surface area contributed by atoms with Gasteiger partial charge in [0, 0.05) is 17.5 Å². The van der Waals surface area contributed by atoms with E-state index in [0.717, 1.165) is 23.7 Å². The van der Waals surface area contributed by atoms with Crippen LogP contribution in [-0.2, 0) is 11.2 Å². The lowest BCUT2D eigenvalue weighted by atomic mass is 9.96. The van der Waals surface area contributed by atoms with E-state index in [1.54, 1.807) is 39.1 Å². The molecule has 1 aromatic carbocycles. The summed E-state index contributed by atoms with van der Waals surface area (Å²) in [6, 6.07) is 6.53. The number of hydrogen-bond acceptors (Lipinski definition) is 5. The third kappa shape index (κ3) is 7.13. The Hall–Kier alpha value is -3.23. The minimum atomic E-state index is -2.74. The third-order valence-electron chi connectivity index (χ3n) is 5.08. The zero-order valence-corrected chi connectivity index (χ0v) is 18.9. The molecule has 178 valence electrons. The summed E-state index contributed by atoms with van der Waals surface area (Å²) in [7, 11) is 0. The molecule has 1 aliphatic rings. The Bertz CT molecular complexity index is 1030. The first-order chi connectivity index (χ1) is 15.5. The molecule has 1 amide bonds. The summed E-state index contributed by atoms with van der Waals surface area (Å²) in [6.45, 7) is 5.36. The molecule has 3 rings (SSSR count). The van der Waals surface area contributed by atoms with Crippen LogP contribution in [0.2, 0.25) is 0 Å². The number of carbonyl (C=O) groups is 1. The zero-order valence-electron chi connectivity index (χ0n) is 18.9. The number of alkyl halides is 2. The van der Waals surface area contributed by atoms with Crippen molar-refractivity contribution in [1.82, 2.24) is 10.3 Å². The minimum Gasteiger partial charge on any atom is -0.444 e. The maximum atomic E-state index is 13.7. The number of hydrogen-bond donors (Lipinski definition) is 3. The third-order valence-corrected chi connectivity index (χ3v) is 5.08. The lowest BCUT2D eigenvalue weighted by Crippen LogP contribution is -2.44. The van der Waals surface area contributed by atoms with Crippen molar-refractivity contribution in [3.63, 3.8) is 0 Å². The highest BCUT2D eigenvalue weighted by atomic mass is 19.3. The number of carbonyl (C=O) groups excluding carboxylic acids is 1. The lowest BCUT2D eigenvalue weighted by Gasteiger charge is -2.28. The van der Waals surface area contributed by atoms with Gasteiger partial charge in [0.2, 0.25) is 0 Å². The van der Waals surface area contributed by atoms with Gasteiger partial charge < -0.3 is 21.1 Å². The second-order valence-corrected chi connectivity index (χ2v) is 9.07. The number of amides is 1. The molecule has 1 atom stereocenters. The number of pyridine rings is 1. The molecular formula is C24H29F3N4O2. The number of aromatic nitrogens is 1. The van der Waals surface area contributed by atoms with Gasteiger partial charge in [-0.2, -0.15) is 0 Å². The Balaban J connectivity index is 1.72. The van der Waals surface area contributed by atoms with Crippen molar-refractivity contribution < 1.29 is 22.7 Å². The Kier molecular flexibility index (Phi) is 7.50. The average molecular weight is 463 g/mol. The normalized spacial score (nSPS) is 16.6. The van der Waals surface area contributed by atoms with Gasteiger partial charge in [0.05, 0.1) is 11.7 Å². The van der Waals surface area contributed by atoms with Crippen LogP contribution in [0.1, 0.15) is 63.1 Å². The Labute approximate surface area is 191 Å². The summed E-state index contributed by atoms with van der Waals surface area (Å²) in [5, 5.41) is 6.01. The number of nitrogens with one attached hydrogen (secondary N) is 2. The van der Waals surface area contributed by atoms with Crippen LogP contribution >= 0.6 is 0 Å². The molecule has 33 heavy (non-hydrogen) atoms. The van der Waals surface area contributed by atoms with E-state index in [-0.39, 0.29) is 18.0 Å². The molecule has 0 fully saturated rings. The second-order valence-electron chi connectivity index (χ2n) is 9.07. The highest BCUT2D eigenvalue weighted by Gasteiger charge is 2.25. The van der Waals surface area contributed by atoms with Gasteiger partial charge >= 0.3 is 6.09 Å². The van der Waals surface area contributed by atoms with Gasteiger partial charge in [0.15, 0.2) is 0 Å². The van der Waals surface area contributed by atoms with Crippen molar-refractivity contribution in [3.05, 3.63) is 70.4 Å². The fourth-order valence-corrected chi connectivity index (χ4v) is 3.67. The molecule has 2 aromatic rings. The molecule has 1 unspecified atom stereocenters. The number of benzene rings is 1. The van der Waals surface area contributed by atoms with Crippen molar-refractivity contribution in [1.29, 1.82) is 0 Å². The number of alkyl carbamates (subject to hydrolysis) is 1. The first kappa shape index (κ1) is 24.4. The van der Waals surface area contributed by atoms with E-state index in [2.05, 4.69) is 15.6 Å². The highest BCUT2D eigenvalue weighted by molar-refractivity contribution is 5.68. The van der Waals surface area contributed by atoms with Crippen molar-refractivity contribution in [2.75, 3.05) is 5.32 Å². The van der Waals surface area contributed by atoms with Gasteiger partial charge in [0.1, 0.15) is 17.2 Å². The topological polar surface area (TPSA) is 89.3 Å². The number of halogens is 3. The summed E-state index contributed by atoms with van der Waals surface area (Å²) >= 11 is 0. The van der Waals surface area contributed by atoms with Crippen molar-refractivity contribution in [3.8, 4) is 0 Å². The molecule has 0 saturated carbocycles. The Morgan fingerprint density at radius 3 is 2.70 bits per heavy atom. The summed E-state index contributed by atoms with van der Waals surface area (Å²) in [4.78, 5) is 16.4. The van der Waals surface area contributed by atoms with Crippen LogP contribution in [0.5, 0.6) is 0 Å². The summed E-state index contributed by atoms with van der Waals surface area (Å²) < 4.78 is 45.0. The van der Waals surface area contributed by atoms with Crippen LogP contribution in [0.3, 0.4) is 0 Å². The van der Waals surface area contributed by atoms with E-state index in [0.29, 0.717) is 29.9 Å².